The molecule has 1 N–H and O–H groups in total. The van der Waals surface area contributed by atoms with E-state index in [1.807, 2.05) is 4.90 Å². The first-order valence-electron chi connectivity index (χ1n) is 9.38. The Morgan fingerprint density at radius 3 is 2.30 bits per heavy atom. The van der Waals surface area contributed by atoms with Gasteiger partial charge in [-0.05, 0) is 62.8 Å². The maximum Gasteiger partial charge on any atom is 0.416 e. The number of amides is 3. The van der Waals surface area contributed by atoms with Crippen molar-refractivity contribution in [1.82, 2.24) is 9.80 Å². The van der Waals surface area contributed by atoms with E-state index in [4.69, 9.17) is 0 Å². The van der Waals surface area contributed by atoms with Crippen molar-refractivity contribution in [2.24, 2.45) is 0 Å². The summed E-state index contributed by atoms with van der Waals surface area (Å²) in [5, 5.41) is 2.66. The molecule has 3 aliphatic rings. The van der Waals surface area contributed by atoms with Gasteiger partial charge in [-0.25, -0.2) is 4.79 Å². The molecule has 2 aliphatic heterocycles. The Morgan fingerprint density at radius 2 is 1.70 bits per heavy atom. The van der Waals surface area contributed by atoms with Crippen molar-refractivity contribution in [3.63, 3.8) is 0 Å². The van der Waals surface area contributed by atoms with Gasteiger partial charge in [-0.1, -0.05) is 0 Å². The first-order chi connectivity index (χ1) is 12.8. The zero-order valence-corrected chi connectivity index (χ0v) is 14.9. The number of hydrogen-bond donors (Lipinski definition) is 1. The van der Waals surface area contributed by atoms with Crippen LogP contribution in [0.4, 0.5) is 23.7 Å². The van der Waals surface area contributed by atoms with E-state index in [-0.39, 0.29) is 11.6 Å². The molecule has 8 heteroatoms. The van der Waals surface area contributed by atoms with Crippen LogP contribution in [-0.2, 0) is 11.0 Å². The van der Waals surface area contributed by atoms with Gasteiger partial charge in [0.15, 0.2) is 0 Å². The van der Waals surface area contributed by atoms with Crippen LogP contribution in [0.3, 0.4) is 0 Å². The van der Waals surface area contributed by atoms with Crippen molar-refractivity contribution in [1.29, 1.82) is 0 Å². The molecule has 1 saturated carbocycles. The first-order valence-corrected chi connectivity index (χ1v) is 9.38. The minimum absolute atomic E-state index is 0.0383. The molecule has 1 spiro atoms. The van der Waals surface area contributed by atoms with Crippen LogP contribution in [0, 0.1) is 0 Å². The van der Waals surface area contributed by atoms with E-state index in [1.54, 1.807) is 4.90 Å². The van der Waals surface area contributed by atoms with Crippen LogP contribution in [0.15, 0.2) is 24.3 Å². The van der Waals surface area contributed by atoms with Crippen LogP contribution < -0.4 is 5.32 Å². The van der Waals surface area contributed by atoms with Gasteiger partial charge in [-0.2, -0.15) is 13.2 Å². The van der Waals surface area contributed by atoms with Gasteiger partial charge in [0, 0.05) is 24.8 Å². The maximum absolute atomic E-state index is 13.1. The van der Waals surface area contributed by atoms with Crippen molar-refractivity contribution in [2.75, 3.05) is 18.4 Å². The summed E-state index contributed by atoms with van der Waals surface area (Å²) in [6.45, 7) is 1.23. The lowest BCUT2D eigenvalue weighted by molar-refractivity contribution is -0.146. The number of benzene rings is 1. The van der Waals surface area contributed by atoms with E-state index in [2.05, 4.69) is 5.32 Å². The molecule has 1 aromatic carbocycles. The molecule has 5 nitrogen and oxygen atoms in total. The maximum atomic E-state index is 13.1. The molecule has 1 aromatic rings. The molecule has 0 bridgehead atoms. The zero-order chi connectivity index (χ0) is 19.2. The number of piperidine rings is 1. The van der Waals surface area contributed by atoms with E-state index < -0.39 is 23.3 Å². The monoisotopic (exact) mass is 381 g/mol. The highest BCUT2D eigenvalue weighted by Crippen LogP contribution is 2.42. The Balaban J connectivity index is 1.50. The van der Waals surface area contributed by atoms with Gasteiger partial charge in [0.1, 0.15) is 5.54 Å². The number of likely N-dealkylation sites (tertiary alicyclic amines) is 2. The van der Waals surface area contributed by atoms with E-state index in [1.165, 1.54) is 12.1 Å². The number of nitrogens with zero attached hydrogens (tertiary/aromatic N) is 2. The van der Waals surface area contributed by atoms with Crippen LogP contribution in [0.5, 0.6) is 0 Å². The third kappa shape index (κ3) is 3.26. The van der Waals surface area contributed by atoms with Crippen molar-refractivity contribution < 1.29 is 22.8 Å². The summed E-state index contributed by atoms with van der Waals surface area (Å²) in [6, 6.07) is 4.25. The summed E-state index contributed by atoms with van der Waals surface area (Å²) in [6.07, 6.45) is 0.559. The highest BCUT2D eigenvalue weighted by molar-refractivity contribution is 5.97. The SMILES string of the molecule is O=C(Nc1ccc(C(F)(F)F)cc1)N1CCCC12CCCN(C1CC1)C2=O. The predicted molar refractivity (Wildman–Crippen MR) is 93.1 cm³/mol. The van der Waals surface area contributed by atoms with Crippen LogP contribution in [0.2, 0.25) is 0 Å². The normalized spacial score (nSPS) is 26.0. The number of anilines is 1. The zero-order valence-electron chi connectivity index (χ0n) is 14.9. The number of hydrogen-bond acceptors (Lipinski definition) is 2. The highest BCUT2D eigenvalue weighted by Gasteiger charge is 2.54. The van der Waals surface area contributed by atoms with Gasteiger partial charge in [0.25, 0.3) is 0 Å². The number of alkyl halides is 3. The van der Waals surface area contributed by atoms with Gasteiger partial charge >= 0.3 is 12.2 Å². The molecule has 3 fully saturated rings. The molecule has 0 aromatic heterocycles. The summed E-state index contributed by atoms with van der Waals surface area (Å²) in [5.41, 5.74) is -1.27. The quantitative estimate of drug-likeness (QED) is 0.846. The second-order valence-electron chi connectivity index (χ2n) is 7.63. The lowest BCUT2D eigenvalue weighted by Crippen LogP contribution is -2.62. The number of nitrogens with one attached hydrogen (secondary N) is 1. The third-order valence-corrected chi connectivity index (χ3v) is 5.83. The standard InChI is InChI=1S/C19H22F3N3O2/c20-19(21,22)13-3-5-14(6-4-13)23-17(27)25-12-2-10-18(25)9-1-11-24(16(18)26)15-7-8-15/h3-6,15H,1-2,7-12H2,(H,23,27). The van der Waals surface area contributed by atoms with Gasteiger partial charge in [-0.15, -0.1) is 0 Å². The molecule has 4 rings (SSSR count). The molecular weight excluding hydrogens is 359 g/mol. The van der Waals surface area contributed by atoms with Gasteiger partial charge in [0.2, 0.25) is 5.91 Å². The molecule has 0 radical (unpaired) electrons. The fraction of sp³-hybridized carbons (Fsp3) is 0.579. The second-order valence-corrected chi connectivity index (χ2v) is 7.63. The molecule has 146 valence electrons. The summed E-state index contributed by atoms with van der Waals surface area (Å²) in [4.78, 5) is 29.5. The van der Waals surface area contributed by atoms with Crippen molar-refractivity contribution in [3.8, 4) is 0 Å². The smallest absolute Gasteiger partial charge is 0.338 e. The lowest BCUT2D eigenvalue weighted by atomic mass is 9.85. The number of urea groups is 1. The molecule has 2 heterocycles. The Bertz CT molecular complexity index is 746. The third-order valence-electron chi connectivity index (χ3n) is 5.83. The summed E-state index contributed by atoms with van der Waals surface area (Å²) in [5.74, 6) is 0.0383. The van der Waals surface area contributed by atoms with Crippen LogP contribution in [-0.4, -0.2) is 46.4 Å². The van der Waals surface area contributed by atoms with Crippen LogP contribution in [0.25, 0.3) is 0 Å². The van der Waals surface area contributed by atoms with Crippen LogP contribution in [0.1, 0.15) is 44.1 Å². The molecule has 1 atom stereocenters. The van der Waals surface area contributed by atoms with Crippen LogP contribution >= 0.6 is 0 Å². The van der Waals surface area contributed by atoms with Gasteiger partial charge in [-0.3, -0.25) is 4.79 Å². The number of rotatable bonds is 2. The van der Waals surface area contributed by atoms with E-state index in [0.717, 1.165) is 44.4 Å². The molecular formula is C19H22F3N3O2. The Labute approximate surface area is 155 Å². The van der Waals surface area contributed by atoms with E-state index in [9.17, 15) is 22.8 Å². The van der Waals surface area contributed by atoms with Crippen molar-refractivity contribution in [2.45, 2.75) is 56.3 Å². The molecule has 2 saturated heterocycles. The topological polar surface area (TPSA) is 52.7 Å². The minimum Gasteiger partial charge on any atom is -0.338 e. The average molecular weight is 381 g/mol. The fourth-order valence-corrected chi connectivity index (χ4v) is 4.34. The van der Waals surface area contributed by atoms with Crippen molar-refractivity contribution in [3.05, 3.63) is 29.8 Å². The molecule has 27 heavy (non-hydrogen) atoms. The lowest BCUT2D eigenvalue weighted by Gasteiger charge is -2.44. The fourth-order valence-electron chi connectivity index (χ4n) is 4.34. The van der Waals surface area contributed by atoms with Crippen molar-refractivity contribution >= 4 is 17.6 Å². The van der Waals surface area contributed by atoms with E-state index >= 15 is 0 Å². The number of carbonyl (C=O) groups excluding carboxylic acids is 2. The molecule has 1 aliphatic carbocycles. The highest BCUT2D eigenvalue weighted by atomic mass is 19.4. The summed E-state index contributed by atoms with van der Waals surface area (Å²) >= 11 is 0. The summed E-state index contributed by atoms with van der Waals surface area (Å²) in [7, 11) is 0. The van der Waals surface area contributed by atoms with E-state index in [0.29, 0.717) is 25.4 Å². The first kappa shape index (κ1) is 18.1. The number of carbonyl (C=O) groups is 2. The molecule has 3 amide bonds. The Morgan fingerprint density at radius 1 is 1.07 bits per heavy atom. The Hall–Kier alpha value is -2.25. The average Bonchev–Trinajstić information content (AvgIpc) is 3.37. The van der Waals surface area contributed by atoms with Gasteiger partial charge < -0.3 is 15.1 Å². The summed E-state index contributed by atoms with van der Waals surface area (Å²) < 4.78 is 38.0. The number of halogens is 3. The Kier molecular flexibility index (Phi) is 4.31. The predicted octanol–water partition coefficient (Wildman–Crippen LogP) is 3.86. The van der Waals surface area contributed by atoms with Gasteiger partial charge in [0.05, 0.1) is 5.56 Å². The second kappa shape index (κ2) is 6.42. The largest absolute Gasteiger partial charge is 0.416 e. The molecule has 1 unspecified atom stereocenters. The minimum atomic E-state index is -4.41.